The number of thiazole rings is 1. The summed E-state index contributed by atoms with van der Waals surface area (Å²) in [7, 11) is 0. The maximum Gasteiger partial charge on any atom is 0.266 e. The largest absolute Gasteiger partial charge is 0.330 e. The van der Waals surface area contributed by atoms with E-state index in [0.29, 0.717) is 22.7 Å². The molecule has 0 aliphatic heterocycles. The van der Waals surface area contributed by atoms with Gasteiger partial charge in [0, 0.05) is 29.6 Å². The lowest BCUT2D eigenvalue weighted by molar-refractivity contribution is 0.0765. The van der Waals surface area contributed by atoms with E-state index < -0.39 is 0 Å². The standard InChI is InChI=1S/C19H17FN2OS2/c1-3-9-22(11-14-6-4-5-7-16(14)20)19(23)17-13(2)21-18(25-17)15-8-10-24-12-15/h3-8,10,12H,1,9,11H2,2H3. The van der Waals surface area contributed by atoms with Gasteiger partial charge in [0.2, 0.25) is 0 Å². The van der Waals surface area contributed by atoms with E-state index in [-0.39, 0.29) is 18.3 Å². The molecule has 1 aromatic carbocycles. The van der Waals surface area contributed by atoms with Crippen molar-refractivity contribution in [2.24, 2.45) is 0 Å². The first-order chi connectivity index (χ1) is 12.1. The molecular weight excluding hydrogens is 355 g/mol. The van der Waals surface area contributed by atoms with Crippen molar-refractivity contribution in [3.8, 4) is 10.6 Å². The van der Waals surface area contributed by atoms with E-state index in [2.05, 4.69) is 11.6 Å². The van der Waals surface area contributed by atoms with E-state index in [1.807, 2.05) is 23.8 Å². The highest BCUT2D eigenvalue weighted by atomic mass is 32.1. The van der Waals surface area contributed by atoms with E-state index >= 15 is 0 Å². The molecule has 0 radical (unpaired) electrons. The number of aryl methyl sites for hydroxylation is 1. The predicted molar refractivity (Wildman–Crippen MR) is 102 cm³/mol. The highest BCUT2D eigenvalue weighted by molar-refractivity contribution is 7.17. The number of benzene rings is 1. The summed E-state index contributed by atoms with van der Waals surface area (Å²) in [5.41, 5.74) is 2.19. The predicted octanol–water partition coefficient (Wildman–Crippen LogP) is 5.15. The van der Waals surface area contributed by atoms with Crippen molar-refractivity contribution in [1.82, 2.24) is 9.88 Å². The monoisotopic (exact) mass is 372 g/mol. The van der Waals surface area contributed by atoms with Crippen molar-refractivity contribution >= 4 is 28.6 Å². The van der Waals surface area contributed by atoms with Crippen LogP contribution in [-0.2, 0) is 6.54 Å². The molecular formula is C19H17FN2OS2. The molecule has 128 valence electrons. The van der Waals surface area contributed by atoms with Crippen molar-refractivity contribution in [3.05, 3.63) is 75.7 Å². The Kier molecular flexibility index (Phi) is 5.40. The fourth-order valence-corrected chi connectivity index (χ4v) is 4.20. The zero-order valence-corrected chi connectivity index (χ0v) is 15.4. The summed E-state index contributed by atoms with van der Waals surface area (Å²) in [4.78, 5) is 19.7. The van der Waals surface area contributed by atoms with E-state index in [9.17, 15) is 9.18 Å². The fraction of sp³-hybridized carbons (Fsp3) is 0.158. The third-order valence-electron chi connectivity index (χ3n) is 3.71. The molecule has 3 nitrogen and oxygen atoms in total. The van der Waals surface area contributed by atoms with Crippen molar-refractivity contribution in [2.45, 2.75) is 13.5 Å². The number of carbonyl (C=O) groups is 1. The molecule has 0 fully saturated rings. The van der Waals surface area contributed by atoms with Crippen LogP contribution in [0.2, 0.25) is 0 Å². The first-order valence-corrected chi connectivity index (χ1v) is 9.49. The summed E-state index contributed by atoms with van der Waals surface area (Å²) in [6, 6.07) is 8.48. The summed E-state index contributed by atoms with van der Waals surface area (Å²) in [6.45, 7) is 6.08. The lowest BCUT2D eigenvalue weighted by Crippen LogP contribution is -2.31. The quantitative estimate of drug-likeness (QED) is 0.561. The van der Waals surface area contributed by atoms with E-state index in [4.69, 9.17) is 0 Å². The molecule has 25 heavy (non-hydrogen) atoms. The van der Waals surface area contributed by atoms with Gasteiger partial charge >= 0.3 is 0 Å². The van der Waals surface area contributed by atoms with Gasteiger partial charge in [-0.25, -0.2) is 9.37 Å². The zero-order chi connectivity index (χ0) is 17.8. The fourth-order valence-electron chi connectivity index (χ4n) is 2.46. The summed E-state index contributed by atoms with van der Waals surface area (Å²) >= 11 is 2.96. The Bertz CT molecular complexity index is 887. The van der Waals surface area contributed by atoms with Gasteiger partial charge in [0.1, 0.15) is 15.7 Å². The first kappa shape index (κ1) is 17.5. The molecule has 0 saturated heterocycles. The highest BCUT2D eigenvalue weighted by Crippen LogP contribution is 2.30. The van der Waals surface area contributed by atoms with Crippen LogP contribution in [0.4, 0.5) is 4.39 Å². The smallest absolute Gasteiger partial charge is 0.266 e. The Morgan fingerprint density at radius 3 is 2.84 bits per heavy atom. The highest BCUT2D eigenvalue weighted by Gasteiger charge is 2.22. The van der Waals surface area contributed by atoms with Gasteiger partial charge in [-0.15, -0.1) is 17.9 Å². The van der Waals surface area contributed by atoms with Crippen LogP contribution in [0, 0.1) is 12.7 Å². The number of rotatable bonds is 6. The molecule has 0 aliphatic rings. The second kappa shape index (κ2) is 7.72. The molecule has 0 atom stereocenters. The SMILES string of the molecule is C=CCN(Cc1ccccc1F)C(=O)c1sc(-c2ccsc2)nc1C. The summed E-state index contributed by atoms with van der Waals surface area (Å²) in [5, 5.41) is 4.81. The Morgan fingerprint density at radius 2 is 2.16 bits per heavy atom. The normalized spacial score (nSPS) is 10.6. The minimum Gasteiger partial charge on any atom is -0.330 e. The molecule has 0 saturated carbocycles. The number of halogens is 1. The van der Waals surface area contributed by atoms with Crippen LogP contribution in [-0.4, -0.2) is 22.3 Å². The Hall–Kier alpha value is -2.31. The number of aromatic nitrogens is 1. The Balaban J connectivity index is 1.88. The van der Waals surface area contributed by atoms with Crippen LogP contribution < -0.4 is 0 Å². The van der Waals surface area contributed by atoms with Crippen LogP contribution in [0.3, 0.4) is 0 Å². The van der Waals surface area contributed by atoms with Crippen LogP contribution >= 0.6 is 22.7 Å². The number of amides is 1. The van der Waals surface area contributed by atoms with Crippen molar-refractivity contribution < 1.29 is 9.18 Å². The molecule has 2 heterocycles. The van der Waals surface area contributed by atoms with Crippen LogP contribution in [0.1, 0.15) is 20.9 Å². The molecule has 0 aliphatic carbocycles. The van der Waals surface area contributed by atoms with Crippen molar-refractivity contribution in [2.75, 3.05) is 6.54 Å². The number of thiophene rings is 1. The summed E-state index contributed by atoms with van der Waals surface area (Å²) < 4.78 is 14.0. The lowest BCUT2D eigenvalue weighted by atomic mass is 10.2. The molecule has 0 unspecified atom stereocenters. The van der Waals surface area contributed by atoms with Gasteiger partial charge in [0.15, 0.2) is 0 Å². The van der Waals surface area contributed by atoms with E-state index in [1.165, 1.54) is 17.4 Å². The van der Waals surface area contributed by atoms with Gasteiger partial charge in [-0.3, -0.25) is 4.79 Å². The molecule has 2 aromatic heterocycles. The average Bonchev–Trinajstić information content (AvgIpc) is 3.25. The summed E-state index contributed by atoms with van der Waals surface area (Å²) in [6.07, 6.45) is 1.65. The molecule has 1 amide bonds. The Labute approximate surface area is 154 Å². The molecule has 3 aromatic rings. The van der Waals surface area contributed by atoms with Crippen molar-refractivity contribution in [3.63, 3.8) is 0 Å². The zero-order valence-electron chi connectivity index (χ0n) is 13.7. The molecule has 0 bridgehead atoms. The number of nitrogens with zero attached hydrogens (tertiary/aromatic N) is 2. The molecule has 3 rings (SSSR count). The minimum atomic E-state index is -0.315. The molecule has 0 N–H and O–H groups in total. The van der Waals surface area contributed by atoms with E-state index in [0.717, 1.165) is 10.6 Å². The Morgan fingerprint density at radius 1 is 1.36 bits per heavy atom. The van der Waals surface area contributed by atoms with Crippen molar-refractivity contribution in [1.29, 1.82) is 0 Å². The lowest BCUT2D eigenvalue weighted by Gasteiger charge is -2.21. The maximum atomic E-state index is 14.0. The van der Waals surface area contributed by atoms with Crippen LogP contribution in [0.15, 0.2) is 53.7 Å². The minimum absolute atomic E-state index is 0.153. The average molecular weight is 372 g/mol. The number of carbonyl (C=O) groups excluding carboxylic acids is 1. The third kappa shape index (κ3) is 3.86. The number of hydrogen-bond donors (Lipinski definition) is 0. The van der Waals surface area contributed by atoms with Gasteiger partial charge in [0.25, 0.3) is 5.91 Å². The van der Waals surface area contributed by atoms with Crippen LogP contribution in [0.25, 0.3) is 10.6 Å². The van der Waals surface area contributed by atoms with Crippen LogP contribution in [0.5, 0.6) is 0 Å². The number of hydrogen-bond acceptors (Lipinski definition) is 4. The van der Waals surface area contributed by atoms with Gasteiger partial charge in [0.05, 0.1) is 5.69 Å². The summed E-state index contributed by atoms with van der Waals surface area (Å²) in [5.74, 6) is -0.469. The van der Waals surface area contributed by atoms with Gasteiger partial charge in [-0.05, 0) is 24.4 Å². The maximum absolute atomic E-state index is 14.0. The first-order valence-electron chi connectivity index (χ1n) is 7.73. The van der Waals surface area contributed by atoms with Gasteiger partial charge in [-0.2, -0.15) is 11.3 Å². The topological polar surface area (TPSA) is 33.2 Å². The second-order valence-corrected chi connectivity index (χ2v) is 7.29. The second-order valence-electron chi connectivity index (χ2n) is 5.51. The van der Waals surface area contributed by atoms with E-state index in [1.54, 1.807) is 40.5 Å². The molecule has 0 spiro atoms. The molecule has 6 heteroatoms. The van der Waals surface area contributed by atoms with Gasteiger partial charge in [-0.1, -0.05) is 24.3 Å². The third-order valence-corrected chi connectivity index (χ3v) is 5.59. The van der Waals surface area contributed by atoms with Gasteiger partial charge < -0.3 is 4.90 Å².